The molecule has 1 saturated heterocycles. The lowest BCUT2D eigenvalue weighted by molar-refractivity contribution is 0.271. The molecular weight excluding hydrogens is 290 g/mol. The third-order valence-electron chi connectivity index (χ3n) is 4.11. The van der Waals surface area contributed by atoms with E-state index >= 15 is 0 Å². The molecule has 1 aromatic heterocycles. The predicted molar refractivity (Wildman–Crippen MR) is 81.6 cm³/mol. The SMILES string of the molecule is CNCc1n[nH]c(C)c1S(=O)(=O)N(C)CC1CCCN1C. The number of hydrogen-bond donors (Lipinski definition) is 2. The maximum atomic E-state index is 12.8. The fourth-order valence-electron chi connectivity index (χ4n) is 2.86. The van der Waals surface area contributed by atoms with Crippen LogP contribution < -0.4 is 5.32 Å². The fourth-order valence-corrected chi connectivity index (χ4v) is 4.39. The van der Waals surface area contributed by atoms with Gasteiger partial charge in [-0.1, -0.05) is 0 Å². The van der Waals surface area contributed by atoms with E-state index in [1.54, 1.807) is 21.0 Å². The normalized spacial score (nSPS) is 20.5. The van der Waals surface area contributed by atoms with E-state index < -0.39 is 10.0 Å². The van der Waals surface area contributed by atoms with Crippen LogP contribution in [0.25, 0.3) is 0 Å². The number of rotatable bonds is 6. The molecule has 21 heavy (non-hydrogen) atoms. The number of hydrogen-bond acceptors (Lipinski definition) is 5. The van der Waals surface area contributed by atoms with E-state index in [0.717, 1.165) is 19.4 Å². The molecular formula is C13H25N5O2S. The van der Waals surface area contributed by atoms with Crippen molar-refractivity contribution in [2.75, 3.05) is 34.2 Å². The predicted octanol–water partition coefficient (Wildman–Crippen LogP) is 0.152. The average Bonchev–Trinajstić information content (AvgIpc) is 2.97. The van der Waals surface area contributed by atoms with E-state index in [1.165, 1.54) is 4.31 Å². The molecule has 1 fully saturated rings. The highest BCUT2D eigenvalue weighted by molar-refractivity contribution is 7.89. The number of aromatic nitrogens is 2. The molecule has 0 aromatic carbocycles. The summed E-state index contributed by atoms with van der Waals surface area (Å²) in [5, 5.41) is 9.83. The van der Waals surface area contributed by atoms with Gasteiger partial charge < -0.3 is 10.2 Å². The molecule has 0 aliphatic carbocycles. The average molecular weight is 315 g/mol. The molecule has 8 heteroatoms. The van der Waals surface area contributed by atoms with E-state index in [-0.39, 0.29) is 0 Å². The molecule has 0 amide bonds. The van der Waals surface area contributed by atoms with Gasteiger partial charge in [0.05, 0.1) is 11.4 Å². The van der Waals surface area contributed by atoms with Crippen LogP contribution in [0.4, 0.5) is 0 Å². The second-order valence-electron chi connectivity index (χ2n) is 5.72. The summed E-state index contributed by atoms with van der Waals surface area (Å²) < 4.78 is 27.1. The van der Waals surface area contributed by atoms with Gasteiger partial charge in [-0.15, -0.1) is 0 Å². The number of nitrogens with zero attached hydrogens (tertiary/aromatic N) is 3. The lowest BCUT2D eigenvalue weighted by Gasteiger charge is -2.25. The van der Waals surface area contributed by atoms with Crippen molar-refractivity contribution in [2.45, 2.75) is 37.2 Å². The smallest absolute Gasteiger partial charge is 0.246 e. The minimum atomic E-state index is -3.52. The monoisotopic (exact) mass is 315 g/mol. The first-order chi connectivity index (χ1) is 9.87. The Kier molecular flexibility index (Phi) is 5.03. The Balaban J connectivity index is 2.22. The summed E-state index contributed by atoms with van der Waals surface area (Å²) >= 11 is 0. The van der Waals surface area contributed by atoms with E-state index in [4.69, 9.17) is 0 Å². The van der Waals surface area contributed by atoms with Gasteiger partial charge in [-0.3, -0.25) is 5.10 Å². The molecule has 1 unspecified atom stereocenters. The van der Waals surface area contributed by atoms with E-state index in [2.05, 4.69) is 20.4 Å². The molecule has 7 nitrogen and oxygen atoms in total. The summed E-state index contributed by atoms with van der Waals surface area (Å²) in [6, 6.07) is 0.296. The van der Waals surface area contributed by atoms with Crippen LogP contribution in [0.2, 0.25) is 0 Å². The Morgan fingerprint density at radius 1 is 1.52 bits per heavy atom. The summed E-state index contributed by atoms with van der Waals surface area (Å²) in [7, 11) is 1.96. The number of aryl methyl sites for hydroxylation is 1. The Morgan fingerprint density at radius 2 is 2.24 bits per heavy atom. The van der Waals surface area contributed by atoms with Crippen molar-refractivity contribution in [3.63, 3.8) is 0 Å². The molecule has 1 atom stereocenters. The van der Waals surface area contributed by atoms with E-state index in [9.17, 15) is 8.42 Å². The van der Waals surface area contributed by atoms with Gasteiger partial charge >= 0.3 is 0 Å². The summed E-state index contributed by atoms with van der Waals surface area (Å²) in [4.78, 5) is 2.53. The molecule has 0 saturated carbocycles. The molecule has 0 radical (unpaired) electrons. The fraction of sp³-hybridized carbons (Fsp3) is 0.769. The minimum absolute atomic E-state index is 0.296. The van der Waals surface area contributed by atoms with Gasteiger partial charge in [0.15, 0.2) is 0 Å². The quantitative estimate of drug-likeness (QED) is 0.781. The first-order valence-electron chi connectivity index (χ1n) is 7.23. The molecule has 2 heterocycles. The number of sulfonamides is 1. The highest BCUT2D eigenvalue weighted by atomic mass is 32.2. The van der Waals surface area contributed by atoms with Gasteiger partial charge in [0.1, 0.15) is 4.90 Å². The molecule has 2 rings (SSSR count). The van der Waals surface area contributed by atoms with Crippen LogP contribution in [0.3, 0.4) is 0 Å². The van der Waals surface area contributed by atoms with Crippen LogP contribution in [0.1, 0.15) is 24.2 Å². The van der Waals surface area contributed by atoms with Crippen LogP contribution >= 0.6 is 0 Å². The summed E-state index contributed by atoms with van der Waals surface area (Å²) in [6.07, 6.45) is 2.18. The van der Waals surface area contributed by atoms with Crippen LogP contribution in [0.15, 0.2) is 4.90 Å². The maximum Gasteiger partial charge on any atom is 0.246 e. The van der Waals surface area contributed by atoms with E-state index in [0.29, 0.717) is 35.4 Å². The minimum Gasteiger partial charge on any atom is -0.314 e. The zero-order valence-corrected chi connectivity index (χ0v) is 14.0. The number of H-pyrrole nitrogens is 1. The van der Waals surface area contributed by atoms with Crippen molar-refractivity contribution in [2.24, 2.45) is 0 Å². The standard InChI is InChI=1S/C13H25N5O2S/c1-10-13(12(8-14-2)16-15-10)21(19,20)18(4)9-11-6-5-7-17(11)3/h11,14H,5-9H2,1-4H3,(H,15,16). The molecule has 0 spiro atoms. The lowest BCUT2D eigenvalue weighted by Crippen LogP contribution is -2.39. The maximum absolute atomic E-state index is 12.8. The molecule has 1 aliphatic heterocycles. The van der Waals surface area contributed by atoms with Crippen molar-refractivity contribution in [1.82, 2.24) is 24.7 Å². The Hall–Kier alpha value is -0.960. The Morgan fingerprint density at radius 3 is 2.81 bits per heavy atom. The van der Waals surface area contributed by atoms with Crippen molar-refractivity contribution in [3.8, 4) is 0 Å². The first kappa shape index (κ1) is 16.4. The summed E-state index contributed by atoms with van der Waals surface area (Å²) in [5.41, 5.74) is 1.13. The van der Waals surface area contributed by atoms with Gasteiger partial charge in [0.25, 0.3) is 0 Å². The van der Waals surface area contributed by atoms with Crippen molar-refractivity contribution in [3.05, 3.63) is 11.4 Å². The van der Waals surface area contributed by atoms with Gasteiger partial charge in [-0.05, 0) is 40.4 Å². The van der Waals surface area contributed by atoms with Crippen molar-refractivity contribution >= 4 is 10.0 Å². The molecule has 2 N–H and O–H groups in total. The van der Waals surface area contributed by atoms with Crippen LogP contribution in [-0.4, -0.2) is 68.1 Å². The molecule has 1 aliphatic rings. The topological polar surface area (TPSA) is 81.3 Å². The highest BCUT2D eigenvalue weighted by Gasteiger charge is 2.31. The summed E-state index contributed by atoms with van der Waals surface area (Å²) in [6.45, 7) is 3.72. The highest BCUT2D eigenvalue weighted by Crippen LogP contribution is 2.23. The molecule has 120 valence electrons. The number of aromatic amines is 1. The van der Waals surface area contributed by atoms with Crippen LogP contribution in [0.5, 0.6) is 0 Å². The molecule has 1 aromatic rings. The number of likely N-dealkylation sites (N-methyl/N-ethyl adjacent to an activating group) is 2. The lowest BCUT2D eigenvalue weighted by atomic mass is 10.2. The van der Waals surface area contributed by atoms with E-state index in [1.807, 2.05) is 7.05 Å². The second kappa shape index (κ2) is 6.43. The van der Waals surface area contributed by atoms with Gasteiger partial charge in [-0.25, -0.2) is 8.42 Å². The van der Waals surface area contributed by atoms with Gasteiger partial charge in [0, 0.05) is 26.2 Å². The third kappa shape index (κ3) is 3.28. The Labute approximate surface area is 126 Å². The largest absolute Gasteiger partial charge is 0.314 e. The molecule has 0 bridgehead atoms. The first-order valence-corrected chi connectivity index (χ1v) is 8.67. The van der Waals surface area contributed by atoms with Gasteiger partial charge in [0.2, 0.25) is 10.0 Å². The van der Waals surface area contributed by atoms with Gasteiger partial charge in [-0.2, -0.15) is 9.40 Å². The third-order valence-corrected chi connectivity index (χ3v) is 6.14. The Bertz CT molecular complexity index is 583. The van der Waals surface area contributed by atoms with Crippen LogP contribution in [-0.2, 0) is 16.6 Å². The number of likely N-dealkylation sites (tertiary alicyclic amines) is 1. The summed E-state index contributed by atoms with van der Waals surface area (Å²) in [5.74, 6) is 0. The second-order valence-corrected chi connectivity index (χ2v) is 7.70. The number of nitrogens with one attached hydrogen (secondary N) is 2. The van der Waals surface area contributed by atoms with Crippen molar-refractivity contribution < 1.29 is 8.42 Å². The van der Waals surface area contributed by atoms with Crippen molar-refractivity contribution in [1.29, 1.82) is 0 Å². The van der Waals surface area contributed by atoms with Crippen LogP contribution in [0, 0.1) is 6.92 Å². The zero-order chi connectivity index (χ0) is 15.6. The zero-order valence-electron chi connectivity index (χ0n) is 13.2.